The van der Waals surface area contributed by atoms with Gasteiger partial charge in [0.2, 0.25) is 0 Å². The van der Waals surface area contributed by atoms with Gasteiger partial charge in [-0.25, -0.2) is 13.6 Å². The number of halogens is 2. The Labute approximate surface area is 206 Å². The summed E-state index contributed by atoms with van der Waals surface area (Å²) < 4.78 is 37.9. The molecule has 1 saturated carbocycles. The predicted molar refractivity (Wildman–Crippen MR) is 132 cm³/mol. The summed E-state index contributed by atoms with van der Waals surface area (Å²) in [4.78, 5) is 15.4. The number of hydrogen-bond donors (Lipinski definition) is 2. The third kappa shape index (κ3) is 4.81. The molecule has 8 heteroatoms. The van der Waals surface area contributed by atoms with Gasteiger partial charge in [-0.1, -0.05) is 19.4 Å². The first-order valence-corrected chi connectivity index (χ1v) is 12.2. The normalized spacial score (nSPS) is 26.2. The molecule has 190 valence electrons. The molecule has 0 bridgehead atoms. The minimum atomic E-state index is -0.990. The highest BCUT2D eigenvalue weighted by Crippen LogP contribution is 2.53. The first-order valence-electron chi connectivity index (χ1n) is 12.2. The molecule has 0 unspecified atom stereocenters. The Morgan fingerprint density at radius 1 is 1.06 bits per heavy atom. The molecule has 35 heavy (non-hydrogen) atoms. The van der Waals surface area contributed by atoms with Crippen molar-refractivity contribution < 1.29 is 23.0 Å². The van der Waals surface area contributed by atoms with E-state index in [9.17, 15) is 13.6 Å². The standard InChI is InChI=1S/C27H35F2N3O3/c1-5-10-26(31-25(33)30-19-7-8-20(28)21(29)16-19)11-12-27(13-14-32(2)24(27)17-26)18-6-9-22(34-3)23(15-18)35-4/h6-9,15-16,24H,5,10-14,17H2,1-4H3,(H2,30,31,33)/t24-,26+,27+/m1/s1. The number of carbonyl (C=O) groups is 1. The second-order valence-corrected chi connectivity index (χ2v) is 9.91. The van der Waals surface area contributed by atoms with Crippen LogP contribution in [-0.4, -0.2) is 50.3 Å². The lowest BCUT2D eigenvalue weighted by atomic mass is 9.60. The van der Waals surface area contributed by atoms with E-state index in [2.05, 4.69) is 41.6 Å². The number of amides is 2. The molecular weight excluding hydrogens is 452 g/mol. The highest BCUT2D eigenvalue weighted by molar-refractivity contribution is 5.89. The summed E-state index contributed by atoms with van der Waals surface area (Å²) in [5.74, 6) is -0.498. The lowest BCUT2D eigenvalue weighted by Crippen LogP contribution is -2.60. The second kappa shape index (κ2) is 10.0. The molecule has 2 amide bonds. The summed E-state index contributed by atoms with van der Waals surface area (Å²) >= 11 is 0. The molecule has 0 spiro atoms. The van der Waals surface area contributed by atoms with Gasteiger partial charge in [-0.15, -0.1) is 0 Å². The number of hydrogen-bond acceptors (Lipinski definition) is 4. The minimum Gasteiger partial charge on any atom is -0.493 e. The van der Waals surface area contributed by atoms with E-state index in [0.29, 0.717) is 5.75 Å². The van der Waals surface area contributed by atoms with Crippen molar-refractivity contribution in [2.75, 3.05) is 33.1 Å². The Hall–Kier alpha value is -2.87. The number of nitrogens with one attached hydrogen (secondary N) is 2. The number of rotatable bonds is 7. The van der Waals surface area contributed by atoms with E-state index in [1.54, 1.807) is 14.2 Å². The number of fused-ring (bicyclic) bond motifs is 1. The highest BCUT2D eigenvalue weighted by Gasteiger charge is 2.54. The maximum Gasteiger partial charge on any atom is 0.319 e. The summed E-state index contributed by atoms with van der Waals surface area (Å²) in [6.45, 7) is 3.09. The molecule has 1 aliphatic heterocycles. The zero-order valence-electron chi connectivity index (χ0n) is 20.9. The van der Waals surface area contributed by atoms with E-state index in [1.807, 2.05) is 6.07 Å². The highest BCUT2D eigenvalue weighted by atomic mass is 19.2. The lowest BCUT2D eigenvalue weighted by Gasteiger charge is -2.50. The van der Waals surface area contributed by atoms with Gasteiger partial charge in [0.15, 0.2) is 23.1 Å². The monoisotopic (exact) mass is 487 g/mol. The molecule has 3 atom stereocenters. The molecule has 0 aromatic heterocycles. The van der Waals surface area contributed by atoms with Crippen molar-refractivity contribution >= 4 is 11.7 Å². The molecule has 1 saturated heterocycles. The van der Waals surface area contributed by atoms with Crippen LogP contribution in [0, 0.1) is 11.6 Å². The maximum atomic E-state index is 13.6. The fraction of sp³-hybridized carbons (Fsp3) is 0.519. The number of nitrogens with zero attached hydrogens (tertiary/aromatic N) is 1. The molecule has 4 rings (SSSR count). The zero-order chi connectivity index (χ0) is 25.2. The smallest absolute Gasteiger partial charge is 0.319 e. The number of ether oxygens (including phenoxy) is 2. The quantitative estimate of drug-likeness (QED) is 0.544. The van der Waals surface area contributed by atoms with Crippen LogP contribution >= 0.6 is 0 Å². The van der Waals surface area contributed by atoms with Crippen LogP contribution in [0.2, 0.25) is 0 Å². The summed E-state index contributed by atoms with van der Waals surface area (Å²) in [5, 5.41) is 5.90. The van der Waals surface area contributed by atoms with Crippen LogP contribution in [0.3, 0.4) is 0 Å². The van der Waals surface area contributed by atoms with Crippen LogP contribution < -0.4 is 20.1 Å². The van der Waals surface area contributed by atoms with Crippen LogP contribution in [0.1, 0.15) is 51.0 Å². The number of benzene rings is 2. The number of anilines is 1. The third-order valence-electron chi connectivity index (χ3n) is 7.96. The Bertz CT molecular complexity index is 1080. The van der Waals surface area contributed by atoms with Gasteiger partial charge in [-0.2, -0.15) is 0 Å². The Kier molecular flexibility index (Phi) is 7.22. The Morgan fingerprint density at radius 2 is 1.83 bits per heavy atom. The summed E-state index contributed by atoms with van der Waals surface area (Å²) in [5.41, 5.74) is 1.03. The van der Waals surface area contributed by atoms with Gasteiger partial charge in [0.1, 0.15) is 0 Å². The molecule has 1 aliphatic carbocycles. The third-order valence-corrected chi connectivity index (χ3v) is 7.96. The first kappa shape index (κ1) is 25.2. The predicted octanol–water partition coefficient (Wildman–Crippen LogP) is 5.47. The summed E-state index contributed by atoms with van der Waals surface area (Å²) in [7, 11) is 5.44. The van der Waals surface area contributed by atoms with Gasteiger partial charge in [-0.05, 0) is 75.5 Å². The fourth-order valence-electron chi connectivity index (χ4n) is 6.18. The SMILES string of the molecule is CCC[C@]1(NC(=O)Nc2ccc(F)c(F)c2)CC[C@@]2(c3ccc(OC)c(OC)c3)CCN(C)[C@@H]2C1. The van der Waals surface area contributed by atoms with E-state index < -0.39 is 17.7 Å². The van der Waals surface area contributed by atoms with E-state index in [1.165, 1.54) is 11.6 Å². The molecule has 2 N–H and O–H groups in total. The van der Waals surface area contributed by atoms with Crippen molar-refractivity contribution in [2.24, 2.45) is 0 Å². The largest absolute Gasteiger partial charge is 0.493 e. The molecule has 1 heterocycles. The van der Waals surface area contributed by atoms with E-state index in [4.69, 9.17) is 9.47 Å². The zero-order valence-corrected chi connectivity index (χ0v) is 20.9. The molecule has 0 radical (unpaired) electrons. The van der Waals surface area contributed by atoms with Crippen molar-refractivity contribution in [3.05, 3.63) is 53.6 Å². The second-order valence-electron chi connectivity index (χ2n) is 9.91. The molecule has 6 nitrogen and oxygen atoms in total. The van der Waals surface area contributed by atoms with E-state index >= 15 is 0 Å². The Morgan fingerprint density at radius 3 is 2.51 bits per heavy atom. The minimum absolute atomic E-state index is 0.0379. The number of urea groups is 1. The van der Waals surface area contributed by atoms with Gasteiger partial charge in [0.05, 0.1) is 14.2 Å². The molecule has 2 aliphatic rings. The molecular formula is C27H35F2N3O3. The van der Waals surface area contributed by atoms with Crippen LogP contribution in [0.4, 0.5) is 19.3 Å². The van der Waals surface area contributed by atoms with Gasteiger partial charge >= 0.3 is 6.03 Å². The fourth-order valence-corrected chi connectivity index (χ4v) is 6.18. The maximum absolute atomic E-state index is 13.6. The average molecular weight is 488 g/mol. The first-order chi connectivity index (χ1) is 16.8. The van der Waals surface area contributed by atoms with Crippen molar-refractivity contribution in [1.29, 1.82) is 0 Å². The number of methoxy groups -OCH3 is 2. The van der Waals surface area contributed by atoms with Gasteiger partial charge < -0.3 is 25.0 Å². The van der Waals surface area contributed by atoms with Gasteiger partial charge in [0, 0.05) is 28.7 Å². The van der Waals surface area contributed by atoms with E-state index in [0.717, 1.165) is 63.0 Å². The van der Waals surface area contributed by atoms with Crippen LogP contribution in [0.15, 0.2) is 36.4 Å². The van der Waals surface area contributed by atoms with Crippen molar-refractivity contribution in [2.45, 2.75) is 62.4 Å². The van der Waals surface area contributed by atoms with Gasteiger partial charge in [0.25, 0.3) is 0 Å². The lowest BCUT2D eigenvalue weighted by molar-refractivity contribution is 0.0976. The molecule has 2 fully saturated rings. The summed E-state index contributed by atoms with van der Waals surface area (Å²) in [6, 6.07) is 9.42. The number of carbonyl (C=O) groups excluding carboxylic acids is 1. The Balaban J connectivity index is 1.58. The van der Waals surface area contributed by atoms with Crippen LogP contribution in [0.5, 0.6) is 11.5 Å². The van der Waals surface area contributed by atoms with Gasteiger partial charge in [-0.3, -0.25) is 0 Å². The van der Waals surface area contributed by atoms with Crippen molar-refractivity contribution in [1.82, 2.24) is 10.2 Å². The number of likely N-dealkylation sites (tertiary alicyclic amines) is 1. The topological polar surface area (TPSA) is 62.8 Å². The average Bonchev–Trinajstić information content (AvgIpc) is 3.17. The molecule has 2 aromatic rings. The van der Waals surface area contributed by atoms with Crippen molar-refractivity contribution in [3.8, 4) is 11.5 Å². The van der Waals surface area contributed by atoms with Crippen LogP contribution in [-0.2, 0) is 5.41 Å². The number of likely N-dealkylation sites (N-methyl/N-ethyl adjacent to an activating group) is 1. The summed E-state index contributed by atoms with van der Waals surface area (Å²) in [6.07, 6.45) is 5.34. The molecule has 2 aromatic carbocycles. The van der Waals surface area contributed by atoms with Crippen molar-refractivity contribution in [3.63, 3.8) is 0 Å². The van der Waals surface area contributed by atoms with Crippen LogP contribution in [0.25, 0.3) is 0 Å². The van der Waals surface area contributed by atoms with E-state index in [-0.39, 0.29) is 22.7 Å².